The van der Waals surface area contributed by atoms with Crippen LogP contribution in [-0.4, -0.2) is 48.3 Å². The highest BCUT2D eigenvalue weighted by Crippen LogP contribution is 2.36. The zero-order chi connectivity index (χ0) is 10.1. The van der Waals surface area contributed by atoms with Gasteiger partial charge in [0.05, 0.1) is 19.6 Å². The molecule has 0 bridgehead atoms. The van der Waals surface area contributed by atoms with Gasteiger partial charge in [0.15, 0.2) is 0 Å². The number of ether oxygens (including phenoxy) is 1. The van der Waals surface area contributed by atoms with Crippen molar-refractivity contribution in [2.24, 2.45) is 5.92 Å². The molecular formula is C10H17NO3. The van der Waals surface area contributed by atoms with Crippen molar-refractivity contribution in [3.05, 3.63) is 0 Å². The minimum atomic E-state index is -0.0870. The third kappa shape index (κ3) is 1.42. The largest absolute Gasteiger partial charge is 0.469 e. The highest BCUT2D eigenvalue weighted by atomic mass is 16.5. The number of carbonyl (C=O) groups is 1. The third-order valence-electron chi connectivity index (χ3n) is 3.57. The van der Waals surface area contributed by atoms with Crippen molar-refractivity contribution in [2.75, 3.05) is 20.3 Å². The summed E-state index contributed by atoms with van der Waals surface area (Å²) in [6.07, 6.45) is 2.91. The van der Waals surface area contributed by atoms with E-state index in [1.807, 2.05) is 0 Å². The topological polar surface area (TPSA) is 49.8 Å². The molecule has 0 saturated carbocycles. The summed E-state index contributed by atoms with van der Waals surface area (Å²) < 4.78 is 4.78. The molecule has 4 nitrogen and oxygen atoms in total. The van der Waals surface area contributed by atoms with Crippen molar-refractivity contribution in [1.82, 2.24) is 4.90 Å². The predicted octanol–water partition coefficient (Wildman–Crippen LogP) is 0.00460. The van der Waals surface area contributed by atoms with Crippen LogP contribution in [0.2, 0.25) is 0 Å². The number of aliphatic hydroxyl groups is 1. The van der Waals surface area contributed by atoms with E-state index in [0.29, 0.717) is 6.04 Å². The van der Waals surface area contributed by atoms with Crippen LogP contribution in [0, 0.1) is 5.92 Å². The van der Waals surface area contributed by atoms with E-state index in [4.69, 9.17) is 9.84 Å². The average molecular weight is 199 g/mol. The molecule has 2 aliphatic rings. The van der Waals surface area contributed by atoms with Crippen molar-refractivity contribution in [3.8, 4) is 0 Å². The molecular weight excluding hydrogens is 182 g/mol. The van der Waals surface area contributed by atoms with Gasteiger partial charge in [0.2, 0.25) is 0 Å². The fourth-order valence-corrected chi connectivity index (χ4v) is 2.85. The van der Waals surface area contributed by atoms with E-state index < -0.39 is 0 Å². The van der Waals surface area contributed by atoms with Gasteiger partial charge in [0.1, 0.15) is 0 Å². The van der Waals surface area contributed by atoms with E-state index in [9.17, 15) is 4.79 Å². The number of hydrogen-bond acceptors (Lipinski definition) is 4. The SMILES string of the molecule is COC(=O)[C@@H]1CCN2C(CO)CCC12. The van der Waals surface area contributed by atoms with Crippen LogP contribution < -0.4 is 0 Å². The van der Waals surface area contributed by atoms with E-state index in [0.717, 1.165) is 25.8 Å². The molecule has 0 aliphatic carbocycles. The highest BCUT2D eigenvalue weighted by molar-refractivity contribution is 5.73. The Morgan fingerprint density at radius 1 is 1.50 bits per heavy atom. The van der Waals surface area contributed by atoms with Crippen LogP contribution >= 0.6 is 0 Å². The zero-order valence-electron chi connectivity index (χ0n) is 8.48. The Kier molecular flexibility index (Phi) is 2.74. The number of hydrogen-bond donors (Lipinski definition) is 1. The van der Waals surface area contributed by atoms with Crippen molar-refractivity contribution in [3.63, 3.8) is 0 Å². The summed E-state index contributed by atoms with van der Waals surface area (Å²) >= 11 is 0. The van der Waals surface area contributed by atoms with Gasteiger partial charge in [0.25, 0.3) is 0 Å². The lowest BCUT2D eigenvalue weighted by atomic mass is 9.98. The van der Waals surface area contributed by atoms with Crippen LogP contribution in [0.15, 0.2) is 0 Å². The average Bonchev–Trinajstić information content (AvgIpc) is 2.76. The summed E-state index contributed by atoms with van der Waals surface area (Å²) in [5.74, 6) is -0.0485. The van der Waals surface area contributed by atoms with Crippen molar-refractivity contribution < 1.29 is 14.6 Å². The van der Waals surface area contributed by atoms with Gasteiger partial charge in [-0.2, -0.15) is 0 Å². The second-order valence-electron chi connectivity index (χ2n) is 4.14. The lowest BCUT2D eigenvalue weighted by Gasteiger charge is -2.23. The van der Waals surface area contributed by atoms with Gasteiger partial charge in [-0.25, -0.2) is 0 Å². The molecule has 80 valence electrons. The fourth-order valence-electron chi connectivity index (χ4n) is 2.85. The molecule has 3 atom stereocenters. The van der Waals surface area contributed by atoms with Crippen LogP contribution in [0.4, 0.5) is 0 Å². The maximum absolute atomic E-state index is 11.4. The Labute approximate surface area is 83.8 Å². The molecule has 2 aliphatic heterocycles. The maximum Gasteiger partial charge on any atom is 0.310 e. The summed E-state index contributed by atoms with van der Waals surface area (Å²) in [4.78, 5) is 13.7. The molecule has 2 saturated heterocycles. The van der Waals surface area contributed by atoms with Crippen LogP contribution in [0.5, 0.6) is 0 Å². The van der Waals surface area contributed by atoms with Gasteiger partial charge >= 0.3 is 5.97 Å². The van der Waals surface area contributed by atoms with Gasteiger partial charge in [-0.05, 0) is 25.8 Å². The molecule has 1 N–H and O–H groups in total. The minimum Gasteiger partial charge on any atom is -0.469 e. The molecule has 0 radical (unpaired) electrons. The molecule has 0 amide bonds. The molecule has 0 spiro atoms. The van der Waals surface area contributed by atoms with E-state index >= 15 is 0 Å². The van der Waals surface area contributed by atoms with E-state index in [1.165, 1.54) is 7.11 Å². The van der Waals surface area contributed by atoms with Gasteiger partial charge in [0, 0.05) is 12.1 Å². The van der Waals surface area contributed by atoms with Gasteiger partial charge < -0.3 is 9.84 Å². The normalized spacial score (nSPS) is 37.1. The lowest BCUT2D eigenvalue weighted by molar-refractivity contribution is -0.146. The molecule has 0 aromatic rings. The second-order valence-corrected chi connectivity index (χ2v) is 4.14. The summed E-state index contributed by atoms with van der Waals surface area (Å²) in [5, 5.41) is 9.14. The standard InChI is InChI=1S/C10H17NO3/c1-14-10(13)8-4-5-11-7(6-12)2-3-9(8)11/h7-9,12H,2-6H2,1H3/t7?,8-,9?/m1/s1. The number of esters is 1. The third-order valence-corrected chi connectivity index (χ3v) is 3.57. The van der Waals surface area contributed by atoms with Crippen molar-refractivity contribution >= 4 is 5.97 Å². The minimum absolute atomic E-state index is 0.0385. The van der Waals surface area contributed by atoms with Crippen LogP contribution in [0.25, 0.3) is 0 Å². The molecule has 2 rings (SSSR count). The predicted molar refractivity (Wildman–Crippen MR) is 50.7 cm³/mol. The second kappa shape index (κ2) is 3.87. The number of fused-ring (bicyclic) bond motifs is 1. The summed E-state index contributed by atoms with van der Waals surface area (Å²) in [6.45, 7) is 1.14. The molecule has 4 heteroatoms. The molecule has 0 aromatic heterocycles. The van der Waals surface area contributed by atoms with Gasteiger partial charge in [-0.3, -0.25) is 9.69 Å². The number of methoxy groups -OCH3 is 1. The van der Waals surface area contributed by atoms with Gasteiger partial charge in [-0.1, -0.05) is 0 Å². The molecule has 2 fully saturated rings. The summed E-state index contributed by atoms with van der Waals surface area (Å²) in [6, 6.07) is 0.592. The van der Waals surface area contributed by atoms with E-state index in [2.05, 4.69) is 4.90 Å². The quantitative estimate of drug-likeness (QED) is 0.636. The highest BCUT2D eigenvalue weighted by Gasteiger charge is 2.45. The van der Waals surface area contributed by atoms with Crippen LogP contribution in [0.1, 0.15) is 19.3 Å². The summed E-state index contributed by atoms with van der Waals surface area (Å²) in [7, 11) is 1.45. The van der Waals surface area contributed by atoms with E-state index in [-0.39, 0.29) is 24.5 Å². The van der Waals surface area contributed by atoms with Crippen LogP contribution in [-0.2, 0) is 9.53 Å². The summed E-state index contributed by atoms with van der Waals surface area (Å²) in [5.41, 5.74) is 0. The zero-order valence-corrected chi connectivity index (χ0v) is 8.48. The number of nitrogens with zero attached hydrogens (tertiary/aromatic N) is 1. The first kappa shape index (κ1) is 9.93. The first-order valence-electron chi connectivity index (χ1n) is 5.22. The first-order chi connectivity index (χ1) is 6.77. The van der Waals surface area contributed by atoms with Crippen molar-refractivity contribution in [1.29, 1.82) is 0 Å². The molecule has 2 unspecified atom stereocenters. The molecule has 14 heavy (non-hydrogen) atoms. The molecule has 2 heterocycles. The van der Waals surface area contributed by atoms with Crippen LogP contribution in [0.3, 0.4) is 0 Å². The van der Waals surface area contributed by atoms with Crippen molar-refractivity contribution in [2.45, 2.75) is 31.3 Å². The van der Waals surface area contributed by atoms with E-state index in [1.54, 1.807) is 0 Å². The van der Waals surface area contributed by atoms with Gasteiger partial charge in [-0.15, -0.1) is 0 Å². The monoisotopic (exact) mass is 199 g/mol. The molecule has 0 aromatic carbocycles. The number of aliphatic hydroxyl groups excluding tert-OH is 1. The Morgan fingerprint density at radius 2 is 2.29 bits per heavy atom. The Bertz CT molecular complexity index is 231. The maximum atomic E-state index is 11.4. The smallest absolute Gasteiger partial charge is 0.310 e. The number of carbonyl (C=O) groups excluding carboxylic acids is 1. The Morgan fingerprint density at radius 3 is 2.93 bits per heavy atom. The fraction of sp³-hybridized carbons (Fsp3) is 0.900. The Balaban J connectivity index is 2.04. The Hall–Kier alpha value is -0.610. The number of rotatable bonds is 2. The first-order valence-corrected chi connectivity index (χ1v) is 5.22. The lowest BCUT2D eigenvalue weighted by Crippen LogP contribution is -2.36.